The molecule has 0 saturated heterocycles. The molecule has 0 aliphatic heterocycles. The standard InChI is InChI=1S/C35H47Cl2N3O2/c1-5-6-20-42-30-18-10-24(11-19-30)21-32(40-34(41)26-12-15-27(16-13-26)35(2,3)4)33-38-23-29(39-33)9-7-8-25-14-17-28(36)22-31(25)37/h10-11,14,17-19,22-23,26-27,32H,5-9,12-13,15-16,20-21H2,1-4H3,(H,38,39)(H,40,41)/t26?,27?,32-/m0/s1. The molecule has 4 rings (SSSR count). The van der Waals surface area contributed by atoms with E-state index in [0.29, 0.717) is 27.8 Å². The summed E-state index contributed by atoms with van der Waals surface area (Å²) in [7, 11) is 0. The van der Waals surface area contributed by atoms with E-state index in [9.17, 15) is 4.79 Å². The van der Waals surface area contributed by atoms with Gasteiger partial charge in [0, 0.05) is 27.9 Å². The second-order valence-corrected chi connectivity index (χ2v) is 13.8. The maximum absolute atomic E-state index is 13.5. The Hall–Kier alpha value is -2.50. The van der Waals surface area contributed by atoms with Crippen LogP contribution in [0.4, 0.5) is 0 Å². The Morgan fingerprint density at radius 1 is 1.05 bits per heavy atom. The molecular formula is C35H47Cl2N3O2. The minimum absolute atomic E-state index is 0.0546. The highest BCUT2D eigenvalue weighted by Crippen LogP contribution is 2.40. The van der Waals surface area contributed by atoms with E-state index >= 15 is 0 Å². The summed E-state index contributed by atoms with van der Waals surface area (Å²) in [5.41, 5.74) is 3.57. The highest BCUT2D eigenvalue weighted by molar-refractivity contribution is 6.35. The van der Waals surface area contributed by atoms with Crippen molar-refractivity contribution < 1.29 is 9.53 Å². The molecule has 0 bridgehead atoms. The van der Waals surface area contributed by atoms with Crippen molar-refractivity contribution in [3.05, 3.63) is 81.4 Å². The lowest BCUT2D eigenvalue weighted by Crippen LogP contribution is -2.38. The molecule has 1 atom stereocenters. The number of aromatic amines is 1. The van der Waals surface area contributed by atoms with Gasteiger partial charge in [-0.3, -0.25) is 4.79 Å². The minimum atomic E-state index is -0.232. The lowest BCUT2D eigenvalue weighted by molar-refractivity contribution is -0.127. The summed E-state index contributed by atoms with van der Waals surface area (Å²) in [6.45, 7) is 9.82. The van der Waals surface area contributed by atoms with Crippen LogP contribution < -0.4 is 10.1 Å². The molecule has 1 aliphatic carbocycles. The predicted molar refractivity (Wildman–Crippen MR) is 173 cm³/mol. The highest BCUT2D eigenvalue weighted by Gasteiger charge is 2.33. The SMILES string of the molecule is CCCCOc1ccc(C[C@H](NC(=O)C2CCC(C(C)(C)C)CC2)c2ncc(CCCc3ccc(Cl)cc3Cl)[nH]2)cc1. The predicted octanol–water partition coefficient (Wildman–Crippen LogP) is 9.32. The summed E-state index contributed by atoms with van der Waals surface area (Å²) in [6.07, 6.45) is 11.4. The summed E-state index contributed by atoms with van der Waals surface area (Å²) >= 11 is 12.4. The molecule has 42 heavy (non-hydrogen) atoms. The smallest absolute Gasteiger partial charge is 0.223 e. The minimum Gasteiger partial charge on any atom is -0.494 e. The number of unbranched alkanes of at least 4 members (excludes halogenated alkanes) is 1. The topological polar surface area (TPSA) is 67.0 Å². The Morgan fingerprint density at radius 2 is 1.79 bits per heavy atom. The van der Waals surface area contributed by atoms with Crippen molar-refractivity contribution in [2.75, 3.05) is 6.61 Å². The van der Waals surface area contributed by atoms with Crippen LogP contribution in [0.3, 0.4) is 0 Å². The van der Waals surface area contributed by atoms with Crippen molar-refractivity contribution in [1.82, 2.24) is 15.3 Å². The van der Waals surface area contributed by atoms with Gasteiger partial charge in [-0.25, -0.2) is 4.98 Å². The number of benzene rings is 2. The number of carbonyl (C=O) groups excluding carboxylic acids is 1. The Bertz CT molecular complexity index is 1270. The molecular weight excluding hydrogens is 565 g/mol. The largest absolute Gasteiger partial charge is 0.494 e. The van der Waals surface area contributed by atoms with Crippen molar-refractivity contribution in [3.63, 3.8) is 0 Å². The van der Waals surface area contributed by atoms with E-state index in [0.717, 1.165) is 92.8 Å². The molecule has 5 nitrogen and oxygen atoms in total. The number of halogens is 2. The summed E-state index contributed by atoms with van der Waals surface area (Å²) in [5.74, 6) is 2.55. The molecule has 0 radical (unpaired) electrons. The molecule has 0 unspecified atom stereocenters. The summed E-state index contributed by atoms with van der Waals surface area (Å²) in [4.78, 5) is 21.8. The number of rotatable bonds is 13. The molecule has 1 amide bonds. The molecule has 1 heterocycles. The van der Waals surface area contributed by atoms with Crippen LogP contribution in [0.15, 0.2) is 48.7 Å². The van der Waals surface area contributed by atoms with Crippen molar-refractivity contribution in [2.24, 2.45) is 17.3 Å². The monoisotopic (exact) mass is 611 g/mol. The highest BCUT2D eigenvalue weighted by atomic mass is 35.5. The van der Waals surface area contributed by atoms with Crippen molar-refractivity contribution in [1.29, 1.82) is 0 Å². The third-order valence-electron chi connectivity index (χ3n) is 8.65. The number of nitrogens with one attached hydrogen (secondary N) is 2. The van der Waals surface area contributed by atoms with Crippen molar-refractivity contribution >= 4 is 29.1 Å². The number of imidazole rings is 1. The molecule has 3 aromatic rings. The Labute approximate surface area is 262 Å². The number of aromatic nitrogens is 2. The molecule has 0 spiro atoms. The molecule has 1 aliphatic rings. The first-order chi connectivity index (χ1) is 20.1. The zero-order valence-corrected chi connectivity index (χ0v) is 27.2. The first-order valence-corrected chi connectivity index (χ1v) is 16.4. The van der Waals surface area contributed by atoms with Gasteiger partial charge in [0.05, 0.1) is 12.6 Å². The summed E-state index contributed by atoms with van der Waals surface area (Å²) in [6, 6.07) is 13.7. The zero-order valence-electron chi connectivity index (χ0n) is 25.6. The fourth-order valence-corrected chi connectivity index (χ4v) is 6.40. The molecule has 1 aromatic heterocycles. The number of aryl methyl sites for hydroxylation is 2. The van der Waals surface area contributed by atoms with Gasteiger partial charge >= 0.3 is 0 Å². The normalized spacial score (nSPS) is 18.0. The van der Waals surface area contributed by atoms with Gasteiger partial charge in [0.25, 0.3) is 0 Å². The third-order valence-corrected chi connectivity index (χ3v) is 9.24. The van der Waals surface area contributed by atoms with E-state index in [1.807, 2.05) is 30.5 Å². The number of hydrogen-bond donors (Lipinski definition) is 2. The summed E-state index contributed by atoms with van der Waals surface area (Å²) < 4.78 is 5.85. The van der Waals surface area contributed by atoms with E-state index in [2.05, 4.69) is 50.1 Å². The van der Waals surface area contributed by atoms with E-state index < -0.39 is 0 Å². The molecule has 228 valence electrons. The molecule has 7 heteroatoms. The third kappa shape index (κ3) is 9.50. The van der Waals surface area contributed by atoms with Crippen LogP contribution in [-0.2, 0) is 24.1 Å². The Morgan fingerprint density at radius 3 is 2.45 bits per heavy atom. The summed E-state index contributed by atoms with van der Waals surface area (Å²) in [5, 5.41) is 4.73. The van der Waals surface area contributed by atoms with Crippen LogP contribution >= 0.6 is 23.2 Å². The van der Waals surface area contributed by atoms with Crippen molar-refractivity contribution in [2.45, 2.75) is 97.9 Å². The number of H-pyrrole nitrogens is 1. The van der Waals surface area contributed by atoms with Gasteiger partial charge in [-0.15, -0.1) is 0 Å². The zero-order chi connectivity index (χ0) is 30.1. The quantitative estimate of drug-likeness (QED) is 0.189. The van der Waals surface area contributed by atoms with Gasteiger partial charge in [0.2, 0.25) is 5.91 Å². The number of ether oxygens (including phenoxy) is 1. The van der Waals surface area contributed by atoms with E-state index in [-0.39, 0.29) is 17.9 Å². The van der Waals surface area contributed by atoms with Crippen LogP contribution in [0.1, 0.15) is 101 Å². The van der Waals surface area contributed by atoms with Gasteiger partial charge in [-0.05, 0) is 105 Å². The molecule has 2 N–H and O–H groups in total. The number of hydrogen-bond acceptors (Lipinski definition) is 3. The Kier molecular flexibility index (Phi) is 11.8. The Balaban J connectivity index is 1.42. The number of carbonyl (C=O) groups is 1. The van der Waals surface area contributed by atoms with Gasteiger partial charge in [0.15, 0.2) is 0 Å². The van der Waals surface area contributed by atoms with Crippen LogP contribution in [0.5, 0.6) is 5.75 Å². The first kappa shape index (κ1) is 32.4. The van der Waals surface area contributed by atoms with Crippen LogP contribution in [-0.4, -0.2) is 22.5 Å². The average molecular weight is 613 g/mol. The second-order valence-electron chi connectivity index (χ2n) is 12.9. The van der Waals surface area contributed by atoms with E-state index in [1.54, 1.807) is 6.07 Å². The number of nitrogens with zero attached hydrogens (tertiary/aromatic N) is 1. The lowest BCUT2D eigenvalue weighted by atomic mass is 9.69. The van der Waals surface area contributed by atoms with Gasteiger partial charge in [-0.2, -0.15) is 0 Å². The fraction of sp³-hybridized carbons (Fsp3) is 0.543. The number of amides is 1. The maximum Gasteiger partial charge on any atom is 0.223 e. The lowest BCUT2D eigenvalue weighted by Gasteiger charge is -2.36. The van der Waals surface area contributed by atoms with E-state index in [4.69, 9.17) is 32.9 Å². The van der Waals surface area contributed by atoms with Crippen LogP contribution in [0, 0.1) is 17.3 Å². The maximum atomic E-state index is 13.5. The average Bonchev–Trinajstić information content (AvgIpc) is 3.43. The van der Waals surface area contributed by atoms with Crippen LogP contribution in [0.2, 0.25) is 10.0 Å². The first-order valence-electron chi connectivity index (χ1n) is 15.6. The van der Waals surface area contributed by atoms with E-state index in [1.165, 1.54) is 0 Å². The van der Waals surface area contributed by atoms with Crippen LogP contribution in [0.25, 0.3) is 0 Å². The fourth-order valence-electron chi connectivity index (χ4n) is 5.89. The van der Waals surface area contributed by atoms with Crippen molar-refractivity contribution in [3.8, 4) is 5.75 Å². The van der Waals surface area contributed by atoms with Gasteiger partial charge < -0.3 is 15.0 Å². The molecule has 2 aromatic carbocycles. The molecule has 1 fully saturated rings. The molecule has 1 saturated carbocycles. The van der Waals surface area contributed by atoms with Gasteiger partial charge in [-0.1, -0.05) is 75.5 Å². The second kappa shape index (κ2) is 15.3. The van der Waals surface area contributed by atoms with Gasteiger partial charge in [0.1, 0.15) is 11.6 Å².